The van der Waals surface area contributed by atoms with Gasteiger partial charge in [0.1, 0.15) is 6.04 Å². The van der Waals surface area contributed by atoms with Crippen LogP contribution < -0.4 is 11.1 Å². The Hall–Kier alpha value is -2.09. The van der Waals surface area contributed by atoms with Crippen LogP contribution in [0, 0.1) is 0 Å². The number of nitrogens with two attached hydrogens (primary N) is 1. The Labute approximate surface area is 142 Å². The molecule has 0 saturated carbocycles. The summed E-state index contributed by atoms with van der Waals surface area (Å²) < 4.78 is 23.6. The third-order valence-corrected chi connectivity index (χ3v) is 5.05. The number of nitrogens with one attached hydrogen (secondary N) is 1. The number of carbonyl (C=O) groups excluding carboxylic acids is 2. The Morgan fingerprint density at radius 1 is 1.33 bits per heavy atom. The second-order valence-electron chi connectivity index (χ2n) is 6.34. The van der Waals surface area contributed by atoms with E-state index in [1.165, 1.54) is 17.0 Å². The molecule has 7 nitrogen and oxygen atoms in total. The molecule has 0 bridgehead atoms. The zero-order valence-electron chi connectivity index (χ0n) is 14.1. The first-order chi connectivity index (χ1) is 11.1. The number of hydrogen-bond acceptors (Lipinski definition) is 5. The van der Waals surface area contributed by atoms with Gasteiger partial charge in [-0.2, -0.15) is 0 Å². The number of rotatable bonds is 5. The lowest BCUT2D eigenvalue weighted by Crippen LogP contribution is -2.44. The SMILES string of the molecule is CC(C)Nc1ccc(S(C)(=O)=O)cc1C(=O)N1CCC[C@@H]1C(N)=O. The average molecular weight is 353 g/mol. The smallest absolute Gasteiger partial charge is 0.256 e. The highest BCUT2D eigenvalue weighted by Gasteiger charge is 2.34. The first-order valence-corrected chi connectivity index (χ1v) is 9.71. The zero-order chi connectivity index (χ0) is 18.1. The lowest BCUT2D eigenvalue weighted by atomic mass is 10.1. The van der Waals surface area contributed by atoms with Crippen molar-refractivity contribution in [2.75, 3.05) is 18.1 Å². The maximum atomic E-state index is 12.9. The van der Waals surface area contributed by atoms with Crippen molar-refractivity contribution >= 4 is 27.3 Å². The molecule has 0 radical (unpaired) electrons. The van der Waals surface area contributed by atoms with Crippen molar-refractivity contribution < 1.29 is 18.0 Å². The number of carbonyl (C=O) groups is 2. The quantitative estimate of drug-likeness (QED) is 0.821. The Balaban J connectivity index is 2.48. The van der Waals surface area contributed by atoms with Gasteiger partial charge in [-0.15, -0.1) is 0 Å². The second kappa shape index (κ2) is 6.80. The molecule has 3 N–H and O–H groups in total. The molecule has 0 spiro atoms. The van der Waals surface area contributed by atoms with E-state index >= 15 is 0 Å². The van der Waals surface area contributed by atoms with E-state index in [1.54, 1.807) is 6.07 Å². The molecule has 0 unspecified atom stereocenters. The van der Waals surface area contributed by atoms with Crippen LogP contribution in [0.1, 0.15) is 37.0 Å². The molecule has 1 aromatic carbocycles. The molecule has 1 aromatic rings. The largest absolute Gasteiger partial charge is 0.382 e. The normalized spacial score (nSPS) is 18.0. The number of primary amides is 1. The zero-order valence-corrected chi connectivity index (χ0v) is 14.9. The number of nitrogens with zero attached hydrogens (tertiary/aromatic N) is 1. The van der Waals surface area contributed by atoms with E-state index in [4.69, 9.17) is 5.73 Å². The van der Waals surface area contributed by atoms with E-state index in [0.29, 0.717) is 25.1 Å². The molecule has 0 aliphatic carbocycles. The third kappa shape index (κ3) is 3.87. The van der Waals surface area contributed by atoms with Crippen LogP contribution >= 0.6 is 0 Å². The number of anilines is 1. The molecule has 1 fully saturated rings. The minimum absolute atomic E-state index is 0.0612. The Morgan fingerprint density at radius 2 is 2.00 bits per heavy atom. The van der Waals surface area contributed by atoms with Crippen molar-refractivity contribution in [2.24, 2.45) is 5.73 Å². The fourth-order valence-electron chi connectivity index (χ4n) is 2.83. The monoisotopic (exact) mass is 353 g/mol. The molecular formula is C16H23N3O4S. The third-order valence-electron chi connectivity index (χ3n) is 3.94. The van der Waals surface area contributed by atoms with Gasteiger partial charge >= 0.3 is 0 Å². The highest BCUT2D eigenvalue weighted by atomic mass is 32.2. The summed E-state index contributed by atoms with van der Waals surface area (Å²) in [5, 5.41) is 3.14. The second-order valence-corrected chi connectivity index (χ2v) is 8.35. The molecule has 0 aromatic heterocycles. The van der Waals surface area contributed by atoms with Gasteiger partial charge < -0.3 is 16.0 Å². The van der Waals surface area contributed by atoms with Gasteiger partial charge in [0.15, 0.2) is 9.84 Å². The van der Waals surface area contributed by atoms with Crippen molar-refractivity contribution in [3.05, 3.63) is 23.8 Å². The summed E-state index contributed by atoms with van der Waals surface area (Å²) in [5.74, 6) is -0.927. The molecule has 1 saturated heterocycles. The van der Waals surface area contributed by atoms with Crippen LogP contribution in [0.4, 0.5) is 5.69 Å². The maximum absolute atomic E-state index is 12.9. The molecule has 1 aliphatic heterocycles. The Morgan fingerprint density at radius 3 is 2.54 bits per heavy atom. The number of sulfone groups is 1. The van der Waals surface area contributed by atoms with Gasteiger partial charge in [0.05, 0.1) is 10.5 Å². The first kappa shape index (κ1) is 18.3. The van der Waals surface area contributed by atoms with Gasteiger partial charge in [0.2, 0.25) is 5.91 Å². The predicted octanol–water partition coefficient (Wildman–Crippen LogP) is 1.00. The van der Waals surface area contributed by atoms with Crippen molar-refractivity contribution in [3.63, 3.8) is 0 Å². The van der Waals surface area contributed by atoms with Crippen LogP contribution in [0.2, 0.25) is 0 Å². The summed E-state index contributed by atoms with van der Waals surface area (Å²) in [4.78, 5) is 26.0. The van der Waals surface area contributed by atoms with Crippen LogP contribution in [-0.4, -0.2) is 50.0 Å². The summed E-state index contributed by atoms with van der Waals surface area (Å²) in [6, 6.07) is 3.82. The molecular weight excluding hydrogens is 330 g/mol. The minimum atomic E-state index is -3.45. The van der Waals surface area contributed by atoms with Gasteiger partial charge in [-0.1, -0.05) is 0 Å². The number of hydrogen-bond donors (Lipinski definition) is 2. The van der Waals surface area contributed by atoms with Crippen LogP contribution in [0.25, 0.3) is 0 Å². The molecule has 24 heavy (non-hydrogen) atoms. The summed E-state index contributed by atoms with van der Waals surface area (Å²) in [5.41, 5.74) is 6.15. The van der Waals surface area contributed by atoms with Gasteiger partial charge in [-0.3, -0.25) is 9.59 Å². The molecule has 1 heterocycles. The highest BCUT2D eigenvalue weighted by Crippen LogP contribution is 2.26. The first-order valence-electron chi connectivity index (χ1n) is 7.82. The molecule has 1 aliphatic rings. The van der Waals surface area contributed by atoms with E-state index in [2.05, 4.69) is 5.32 Å². The predicted molar refractivity (Wildman–Crippen MR) is 91.6 cm³/mol. The van der Waals surface area contributed by atoms with Crippen molar-refractivity contribution in [2.45, 2.75) is 43.7 Å². The molecule has 2 amide bonds. The van der Waals surface area contributed by atoms with E-state index in [9.17, 15) is 18.0 Å². The fraction of sp³-hybridized carbons (Fsp3) is 0.500. The van der Waals surface area contributed by atoms with Gasteiger partial charge in [0, 0.05) is 24.5 Å². The molecule has 2 rings (SSSR count). The van der Waals surface area contributed by atoms with E-state index in [0.717, 1.165) is 6.26 Å². The van der Waals surface area contributed by atoms with Crippen LogP contribution in [0.5, 0.6) is 0 Å². The molecule has 8 heteroatoms. The topological polar surface area (TPSA) is 110 Å². The maximum Gasteiger partial charge on any atom is 0.256 e. The number of amides is 2. The van der Waals surface area contributed by atoms with E-state index in [-0.39, 0.29) is 22.4 Å². The van der Waals surface area contributed by atoms with Crippen molar-refractivity contribution in [3.8, 4) is 0 Å². The highest BCUT2D eigenvalue weighted by molar-refractivity contribution is 7.90. The van der Waals surface area contributed by atoms with E-state index < -0.39 is 21.8 Å². The number of likely N-dealkylation sites (tertiary alicyclic amines) is 1. The fourth-order valence-corrected chi connectivity index (χ4v) is 3.48. The van der Waals surface area contributed by atoms with Crippen LogP contribution in [0.3, 0.4) is 0 Å². The summed E-state index contributed by atoms with van der Waals surface area (Å²) in [6.07, 6.45) is 2.31. The summed E-state index contributed by atoms with van der Waals surface area (Å²) >= 11 is 0. The van der Waals surface area contributed by atoms with Gasteiger partial charge in [-0.05, 0) is 44.9 Å². The lowest BCUT2D eigenvalue weighted by molar-refractivity contribution is -0.121. The molecule has 1 atom stereocenters. The Bertz CT molecular complexity index is 759. The van der Waals surface area contributed by atoms with Crippen LogP contribution in [0.15, 0.2) is 23.1 Å². The Kier molecular flexibility index (Phi) is 5.17. The van der Waals surface area contributed by atoms with E-state index in [1.807, 2.05) is 13.8 Å². The summed E-state index contributed by atoms with van der Waals surface area (Å²) in [6.45, 7) is 4.26. The standard InChI is InChI=1S/C16H23N3O4S/c1-10(2)18-13-7-6-11(24(3,22)23)9-12(13)16(21)19-8-4-5-14(19)15(17)20/h6-7,9-10,14,18H,4-5,8H2,1-3H3,(H2,17,20)/t14-/m1/s1. The number of benzene rings is 1. The van der Waals surface area contributed by atoms with Crippen molar-refractivity contribution in [1.82, 2.24) is 4.90 Å². The summed E-state index contributed by atoms with van der Waals surface area (Å²) in [7, 11) is -3.45. The minimum Gasteiger partial charge on any atom is -0.382 e. The lowest BCUT2D eigenvalue weighted by Gasteiger charge is -2.24. The van der Waals surface area contributed by atoms with Crippen LogP contribution in [-0.2, 0) is 14.6 Å². The average Bonchev–Trinajstić information content (AvgIpc) is 2.94. The van der Waals surface area contributed by atoms with Crippen molar-refractivity contribution in [1.29, 1.82) is 0 Å². The molecule has 132 valence electrons. The van der Waals surface area contributed by atoms with Gasteiger partial charge in [-0.25, -0.2) is 8.42 Å². The van der Waals surface area contributed by atoms with Gasteiger partial charge in [0.25, 0.3) is 5.91 Å².